The molecule has 0 aliphatic carbocycles. The Labute approximate surface area is 274 Å². The Morgan fingerprint density at radius 3 is 1.51 bits per heavy atom. The maximum Gasteiger partial charge on any atom is 0.0468 e. The lowest BCUT2D eigenvalue weighted by atomic mass is 9.91. The number of hydrogen-bond acceptors (Lipinski definition) is 1. The highest BCUT2D eigenvalue weighted by Crippen LogP contribution is 2.41. The maximum atomic E-state index is 2.39. The highest BCUT2D eigenvalue weighted by atomic mass is 15.1. The summed E-state index contributed by atoms with van der Waals surface area (Å²) < 4.78 is 0. The third-order valence-corrected chi connectivity index (χ3v) is 9.43. The van der Waals surface area contributed by atoms with Crippen LogP contribution in [0.2, 0.25) is 0 Å². The van der Waals surface area contributed by atoms with Gasteiger partial charge < -0.3 is 4.90 Å². The second-order valence-electron chi connectivity index (χ2n) is 12.2. The SMILES string of the molecule is c1ccc(-c2ccc(N(c3ccc(-c4cc5c6ccccc6ccc5c5ccccc45)cc3)c3ccc4ccccc4c3)cc2)cc1. The predicted molar refractivity (Wildman–Crippen MR) is 202 cm³/mol. The molecular weight excluding hydrogens is 567 g/mol. The van der Waals surface area contributed by atoms with Crippen LogP contribution in [0.1, 0.15) is 0 Å². The van der Waals surface area contributed by atoms with E-state index in [1.165, 1.54) is 65.3 Å². The number of anilines is 3. The van der Waals surface area contributed by atoms with E-state index in [1.54, 1.807) is 0 Å². The van der Waals surface area contributed by atoms with Gasteiger partial charge in [0, 0.05) is 17.1 Å². The second-order valence-corrected chi connectivity index (χ2v) is 12.2. The molecular formula is C46H31N. The predicted octanol–water partition coefficient (Wildman–Crippen LogP) is 13.1. The van der Waals surface area contributed by atoms with Crippen molar-refractivity contribution in [1.82, 2.24) is 0 Å². The van der Waals surface area contributed by atoms with E-state index in [9.17, 15) is 0 Å². The molecule has 0 radical (unpaired) electrons. The van der Waals surface area contributed by atoms with E-state index < -0.39 is 0 Å². The monoisotopic (exact) mass is 597 g/mol. The van der Waals surface area contributed by atoms with Gasteiger partial charge in [-0.25, -0.2) is 0 Å². The van der Waals surface area contributed by atoms with E-state index in [2.05, 4.69) is 193 Å². The number of nitrogens with zero attached hydrogens (tertiary/aromatic N) is 1. The third-order valence-electron chi connectivity index (χ3n) is 9.43. The van der Waals surface area contributed by atoms with Crippen LogP contribution >= 0.6 is 0 Å². The zero-order chi connectivity index (χ0) is 31.2. The van der Waals surface area contributed by atoms with Crippen LogP contribution < -0.4 is 4.90 Å². The molecule has 0 aliphatic rings. The first-order valence-corrected chi connectivity index (χ1v) is 16.2. The van der Waals surface area contributed by atoms with E-state index in [4.69, 9.17) is 0 Å². The van der Waals surface area contributed by atoms with Crippen LogP contribution in [-0.2, 0) is 0 Å². The van der Waals surface area contributed by atoms with Crippen molar-refractivity contribution in [3.8, 4) is 22.3 Å². The number of benzene rings is 9. The average molecular weight is 598 g/mol. The van der Waals surface area contributed by atoms with Crippen LogP contribution in [0.5, 0.6) is 0 Å². The van der Waals surface area contributed by atoms with Crippen molar-refractivity contribution in [2.75, 3.05) is 4.90 Å². The molecule has 0 atom stereocenters. The fourth-order valence-corrected chi connectivity index (χ4v) is 7.09. The van der Waals surface area contributed by atoms with Crippen molar-refractivity contribution in [3.05, 3.63) is 188 Å². The third kappa shape index (κ3) is 4.81. The molecule has 0 saturated carbocycles. The molecule has 0 saturated heterocycles. The standard InChI is InChI=1S/C46H31N/c1-2-10-32(11-3-1)34-18-24-38(25-19-34)47(40-28-20-33-12-4-5-14-37(33)30-40)39-26-21-36(22-27-39)45-31-46-41-15-7-6-13-35(41)23-29-44(46)42-16-8-9-17-43(42)45/h1-31H. The molecule has 1 heteroatoms. The molecule has 0 heterocycles. The van der Waals surface area contributed by atoms with Crippen molar-refractivity contribution in [2.24, 2.45) is 0 Å². The Bertz CT molecular complexity index is 2550. The number of rotatable bonds is 5. The summed E-state index contributed by atoms with van der Waals surface area (Å²) in [5.41, 5.74) is 8.25. The summed E-state index contributed by atoms with van der Waals surface area (Å²) >= 11 is 0. The summed E-state index contributed by atoms with van der Waals surface area (Å²) in [6, 6.07) is 68.2. The zero-order valence-corrected chi connectivity index (χ0v) is 25.8. The number of hydrogen-bond donors (Lipinski definition) is 0. The van der Waals surface area contributed by atoms with Crippen molar-refractivity contribution >= 4 is 60.2 Å². The molecule has 1 nitrogen and oxygen atoms in total. The molecule has 47 heavy (non-hydrogen) atoms. The van der Waals surface area contributed by atoms with E-state index >= 15 is 0 Å². The molecule has 9 rings (SSSR count). The van der Waals surface area contributed by atoms with Crippen LogP contribution in [0, 0.1) is 0 Å². The highest BCUT2D eigenvalue weighted by molar-refractivity contribution is 6.21. The molecule has 9 aromatic carbocycles. The average Bonchev–Trinajstić information content (AvgIpc) is 3.15. The van der Waals surface area contributed by atoms with Gasteiger partial charge in [-0.05, 0) is 108 Å². The zero-order valence-electron chi connectivity index (χ0n) is 25.8. The molecule has 220 valence electrons. The Balaban J connectivity index is 1.18. The Morgan fingerprint density at radius 1 is 0.255 bits per heavy atom. The second kappa shape index (κ2) is 11.3. The summed E-state index contributed by atoms with van der Waals surface area (Å²) in [4.78, 5) is 2.36. The van der Waals surface area contributed by atoms with Gasteiger partial charge >= 0.3 is 0 Å². The van der Waals surface area contributed by atoms with Crippen LogP contribution in [0.4, 0.5) is 17.1 Å². The Morgan fingerprint density at radius 2 is 0.766 bits per heavy atom. The lowest BCUT2D eigenvalue weighted by Crippen LogP contribution is -2.09. The summed E-state index contributed by atoms with van der Waals surface area (Å²) in [6.07, 6.45) is 0. The van der Waals surface area contributed by atoms with Crippen molar-refractivity contribution in [1.29, 1.82) is 0 Å². The molecule has 0 bridgehead atoms. The minimum Gasteiger partial charge on any atom is -0.310 e. The topological polar surface area (TPSA) is 3.24 Å². The van der Waals surface area contributed by atoms with Crippen molar-refractivity contribution in [2.45, 2.75) is 0 Å². The van der Waals surface area contributed by atoms with E-state index in [-0.39, 0.29) is 0 Å². The quantitative estimate of drug-likeness (QED) is 0.178. The molecule has 0 amide bonds. The van der Waals surface area contributed by atoms with Gasteiger partial charge in [0.2, 0.25) is 0 Å². The van der Waals surface area contributed by atoms with Crippen LogP contribution in [0.25, 0.3) is 65.3 Å². The first-order valence-electron chi connectivity index (χ1n) is 16.2. The van der Waals surface area contributed by atoms with E-state index in [0.29, 0.717) is 0 Å². The van der Waals surface area contributed by atoms with Gasteiger partial charge in [-0.2, -0.15) is 0 Å². The first-order chi connectivity index (χ1) is 23.3. The van der Waals surface area contributed by atoms with Gasteiger partial charge in [0.15, 0.2) is 0 Å². The van der Waals surface area contributed by atoms with Gasteiger partial charge in [-0.1, -0.05) is 146 Å². The van der Waals surface area contributed by atoms with Gasteiger partial charge in [0.05, 0.1) is 0 Å². The van der Waals surface area contributed by atoms with E-state index in [1.807, 2.05) is 0 Å². The van der Waals surface area contributed by atoms with E-state index in [0.717, 1.165) is 17.1 Å². The fraction of sp³-hybridized carbons (Fsp3) is 0. The molecule has 0 N–H and O–H groups in total. The summed E-state index contributed by atoms with van der Waals surface area (Å²) in [6.45, 7) is 0. The smallest absolute Gasteiger partial charge is 0.0468 e. The molecule has 0 spiro atoms. The molecule has 0 aromatic heterocycles. The summed E-state index contributed by atoms with van der Waals surface area (Å²) in [5, 5.41) is 10.1. The van der Waals surface area contributed by atoms with Crippen molar-refractivity contribution < 1.29 is 0 Å². The van der Waals surface area contributed by atoms with Gasteiger partial charge in [0.1, 0.15) is 0 Å². The minimum absolute atomic E-state index is 1.12. The molecule has 0 fully saturated rings. The van der Waals surface area contributed by atoms with Gasteiger partial charge in [-0.3, -0.25) is 0 Å². The van der Waals surface area contributed by atoms with Crippen LogP contribution in [0.3, 0.4) is 0 Å². The lowest BCUT2D eigenvalue weighted by molar-refractivity contribution is 1.29. The molecule has 0 unspecified atom stereocenters. The highest BCUT2D eigenvalue weighted by Gasteiger charge is 2.15. The largest absolute Gasteiger partial charge is 0.310 e. The minimum atomic E-state index is 1.12. The lowest BCUT2D eigenvalue weighted by Gasteiger charge is -2.26. The van der Waals surface area contributed by atoms with Gasteiger partial charge in [0.25, 0.3) is 0 Å². The normalized spacial score (nSPS) is 11.4. The summed E-state index contributed by atoms with van der Waals surface area (Å²) in [7, 11) is 0. The van der Waals surface area contributed by atoms with Gasteiger partial charge in [-0.15, -0.1) is 0 Å². The molecule has 9 aromatic rings. The van der Waals surface area contributed by atoms with Crippen LogP contribution in [-0.4, -0.2) is 0 Å². The first kappa shape index (κ1) is 27.2. The van der Waals surface area contributed by atoms with Crippen LogP contribution in [0.15, 0.2) is 188 Å². The Kier molecular flexibility index (Phi) is 6.54. The number of fused-ring (bicyclic) bond motifs is 6. The van der Waals surface area contributed by atoms with Crippen molar-refractivity contribution in [3.63, 3.8) is 0 Å². The summed E-state index contributed by atoms with van der Waals surface area (Å²) in [5.74, 6) is 0. The fourth-order valence-electron chi connectivity index (χ4n) is 7.09. The molecule has 0 aliphatic heterocycles. The maximum absolute atomic E-state index is 2.39. The Hall–Kier alpha value is -6.18.